The summed E-state index contributed by atoms with van der Waals surface area (Å²) >= 11 is 0. The third-order valence-electron chi connectivity index (χ3n) is 4.00. The Kier molecular flexibility index (Phi) is 7.99. The minimum atomic E-state index is -5.08. The predicted octanol–water partition coefficient (Wildman–Crippen LogP) is 3.16. The number of hydrogen-bond donors (Lipinski definition) is 4. The highest BCUT2D eigenvalue weighted by atomic mass is 19.4. The van der Waals surface area contributed by atoms with Crippen LogP contribution < -0.4 is 22.7 Å². The maximum absolute atomic E-state index is 12.3. The highest BCUT2D eigenvalue weighted by Crippen LogP contribution is 2.13. The second kappa shape index (κ2) is 10.7. The summed E-state index contributed by atoms with van der Waals surface area (Å²) in [6.07, 6.45) is -5.08. The van der Waals surface area contributed by atoms with Gasteiger partial charge in [-0.05, 0) is 48.5 Å². The Morgan fingerprint density at radius 1 is 0.818 bits per heavy atom. The number of para-hydroxylation sites is 2. The zero-order chi connectivity index (χ0) is 24.6. The molecule has 0 aliphatic rings. The zero-order valence-corrected chi connectivity index (χ0v) is 16.9. The van der Waals surface area contributed by atoms with Crippen molar-refractivity contribution in [2.45, 2.75) is 6.18 Å². The van der Waals surface area contributed by atoms with E-state index < -0.39 is 17.8 Å². The summed E-state index contributed by atoms with van der Waals surface area (Å²) in [5, 5.41) is 7.60. The van der Waals surface area contributed by atoms with Gasteiger partial charge in [0, 0.05) is 11.4 Å². The first kappa shape index (κ1) is 24.7. The van der Waals surface area contributed by atoms with E-state index in [0.717, 1.165) is 10.3 Å². The van der Waals surface area contributed by atoms with E-state index in [1.54, 1.807) is 48.5 Å². The van der Waals surface area contributed by atoms with E-state index >= 15 is 0 Å². The van der Waals surface area contributed by atoms with Crippen LogP contribution in [0.1, 0.15) is 0 Å². The van der Waals surface area contributed by atoms with Crippen molar-refractivity contribution in [3.05, 3.63) is 99.7 Å². The van der Waals surface area contributed by atoms with Crippen LogP contribution in [0, 0.1) is 0 Å². The predicted molar refractivity (Wildman–Crippen MR) is 119 cm³/mol. The second-order valence-corrected chi connectivity index (χ2v) is 6.42. The molecule has 1 aromatic heterocycles. The molecule has 0 unspecified atom stereocenters. The summed E-state index contributed by atoms with van der Waals surface area (Å²) in [5.74, 6) is -2.76. The number of carboxylic acid groups (broad SMARTS) is 1. The van der Waals surface area contributed by atoms with Crippen molar-refractivity contribution < 1.29 is 23.1 Å². The number of aliphatic carboxylic acids is 1. The molecule has 0 fully saturated rings. The quantitative estimate of drug-likeness (QED) is 0.321. The minimum absolute atomic E-state index is 0.343. The van der Waals surface area contributed by atoms with E-state index in [1.165, 1.54) is 0 Å². The molecule has 0 saturated heterocycles. The van der Waals surface area contributed by atoms with Gasteiger partial charge in [-0.3, -0.25) is 4.79 Å². The van der Waals surface area contributed by atoms with Gasteiger partial charge < -0.3 is 21.6 Å². The molecule has 4 aromatic rings. The number of H-pyrrole nitrogens is 1. The first-order valence-corrected chi connectivity index (χ1v) is 9.21. The Bertz CT molecular complexity index is 1330. The first-order valence-electron chi connectivity index (χ1n) is 9.21. The molecule has 0 amide bonds. The number of hydrogen-bond acceptors (Lipinski definition) is 5. The number of fused-ring (bicyclic) bond motifs is 1. The molecular weight excluding hydrogens is 441 g/mol. The fourth-order valence-corrected chi connectivity index (χ4v) is 2.47. The van der Waals surface area contributed by atoms with E-state index in [1.807, 2.05) is 30.3 Å². The first-order chi connectivity index (χ1) is 15.5. The van der Waals surface area contributed by atoms with Crippen LogP contribution >= 0.6 is 0 Å². The van der Waals surface area contributed by atoms with Crippen LogP contribution in [-0.4, -0.2) is 26.8 Å². The summed E-state index contributed by atoms with van der Waals surface area (Å²) in [6.45, 7) is 0. The Morgan fingerprint density at radius 2 is 1.30 bits per heavy atom. The molecule has 0 radical (unpaired) electrons. The molecule has 0 bridgehead atoms. The Morgan fingerprint density at radius 3 is 1.79 bits per heavy atom. The Hall–Kier alpha value is -4.54. The van der Waals surface area contributed by atoms with Gasteiger partial charge in [-0.25, -0.2) is 14.2 Å². The van der Waals surface area contributed by atoms with Crippen LogP contribution in [0.5, 0.6) is 0 Å². The standard InChI is InChI=1S/C14H11N3O2.C6H7N.C2HF3O2/c15-9-5-7-10(8-6-9)17-13(18)11-3-1-2-4-12(11)16-14(17)19;7-6-4-2-1-3-5-6;3-2(4,5)1(6)7/h1-8H,15H2,(H,16,19);1-5H,7H2;(H,6,7). The third-order valence-corrected chi connectivity index (χ3v) is 4.00. The van der Waals surface area contributed by atoms with E-state index in [-0.39, 0.29) is 5.56 Å². The summed E-state index contributed by atoms with van der Waals surface area (Å²) in [4.78, 5) is 35.9. The van der Waals surface area contributed by atoms with Crippen molar-refractivity contribution in [3.8, 4) is 5.69 Å². The van der Waals surface area contributed by atoms with E-state index in [9.17, 15) is 22.8 Å². The lowest BCUT2D eigenvalue weighted by atomic mass is 10.2. The molecular formula is C22H19F3N4O4. The number of nitrogens with zero attached hydrogens (tertiary/aromatic N) is 1. The molecule has 1 heterocycles. The highest BCUT2D eigenvalue weighted by molar-refractivity contribution is 5.77. The van der Waals surface area contributed by atoms with Gasteiger partial charge in [0.2, 0.25) is 0 Å². The van der Waals surface area contributed by atoms with Crippen LogP contribution in [-0.2, 0) is 4.79 Å². The van der Waals surface area contributed by atoms with Gasteiger partial charge in [-0.1, -0.05) is 30.3 Å². The molecule has 0 atom stereocenters. The van der Waals surface area contributed by atoms with E-state index in [0.29, 0.717) is 22.3 Å². The van der Waals surface area contributed by atoms with Crippen LogP contribution in [0.3, 0.4) is 0 Å². The van der Waals surface area contributed by atoms with Crippen LogP contribution in [0.25, 0.3) is 16.6 Å². The molecule has 0 aliphatic carbocycles. The topological polar surface area (TPSA) is 144 Å². The van der Waals surface area contributed by atoms with Crippen LogP contribution in [0.15, 0.2) is 88.5 Å². The Labute approximate surface area is 184 Å². The molecule has 3 aromatic carbocycles. The average molecular weight is 460 g/mol. The maximum Gasteiger partial charge on any atom is 0.490 e. The van der Waals surface area contributed by atoms with Gasteiger partial charge in [0.15, 0.2) is 0 Å². The number of nitrogens with two attached hydrogens (primary N) is 2. The number of aromatic amines is 1. The normalized spacial score (nSPS) is 10.4. The highest BCUT2D eigenvalue weighted by Gasteiger charge is 2.38. The molecule has 0 spiro atoms. The fraction of sp³-hybridized carbons (Fsp3) is 0.0455. The van der Waals surface area contributed by atoms with Crippen molar-refractivity contribution in [3.63, 3.8) is 0 Å². The summed E-state index contributed by atoms with van der Waals surface area (Å²) in [6, 6.07) is 23.0. The van der Waals surface area contributed by atoms with Crippen LogP contribution in [0.4, 0.5) is 24.5 Å². The molecule has 0 saturated carbocycles. The summed E-state index contributed by atoms with van der Waals surface area (Å²) in [5.41, 5.74) is 12.6. The van der Waals surface area contributed by atoms with Gasteiger partial charge >= 0.3 is 17.8 Å². The van der Waals surface area contributed by atoms with Crippen LogP contribution in [0.2, 0.25) is 0 Å². The third kappa shape index (κ3) is 6.99. The lowest BCUT2D eigenvalue weighted by Crippen LogP contribution is -2.33. The molecule has 4 rings (SSSR count). The number of nitrogens with one attached hydrogen (secondary N) is 1. The number of carboxylic acids is 1. The number of benzene rings is 3. The molecule has 0 aliphatic heterocycles. The lowest BCUT2D eigenvalue weighted by Gasteiger charge is -2.06. The summed E-state index contributed by atoms with van der Waals surface area (Å²) < 4.78 is 32.8. The van der Waals surface area contributed by atoms with E-state index in [2.05, 4.69) is 4.98 Å². The SMILES string of the molecule is Nc1ccc(-n2c(=O)[nH]c3ccccc3c2=O)cc1.Nc1ccccc1.O=C(O)C(F)(F)F. The van der Waals surface area contributed by atoms with Crippen molar-refractivity contribution in [1.82, 2.24) is 9.55 Å². The van der Waals surface area contributed by atoms with Crippen molar-refractivity contribution in [1.29, 1.82) is 0 Å². The Balaban J connectivity index is 0.000000227. The van der Waals surface area contributed by atoms with Gasteiger partial charge in [0.1, 0.15) is 0 Å². The molecule has 172 valence electrons. The van der Waals surface area contributed by atoms with Crippen molar-refractivity contribution in [2.75, 3.05) is 11.5 Å². The number of aromatic nitrogens is 2. The second-order valence-electron chi connectivity index (χ2n) is 6.42. The maximum atomic E-state index is 12.3. The van der Waals surface area contributed by atoms with E-state index in [4.69, 9.17) is 21.4 Å². The monoisotopic (exact) mass is 460 g/mol. The molecule has 6 N–H and O–H groups in total. The van der Waals surface area contributed by atoms with Gasteiger partial charge in [-0.15, -0.1) is 0 Å². The molecule has 11 heteroatoms. The van der Waals surface area contributed by atoms with Gasteiger partial charge in [0.25, 0.3) is 5.56 Å². The number of nitrogen functional groups attached to an aromatic ring is 2. The minimum Gasteiger partial charge on any atom is -0.475 e. The number of rotatable bonds is 1. The average Bonchev–Trinajstić information content (AvgIpc) is 2.76. The van der Waals surface area contributed by atoms with Gasteiger partial charge in [-0.2, -0.15) is 13.2 Å². The largest absolute Gasteiger partial charge is 0.490 e. The number of anilines is 2. The number of carbonyl (C=O) groups is 1. The smallest absolute Gasteiger partial charge is 0.475 e. The number of alkyl halides is 3. The fourth-order valence-electron chi connectivity index (χ4n) is 2.47. The van der Waals surface area contributed by atoms with Gasteiger partial charge in [0.05, 0.1) is 16.6 Å². The molecule has 33 heavy (non-hydrogen) atoms. The zero-order valence-electron chi connectivity index (χ0n) is 16.9. The summed E-state index contributed by atoms with van der Waals surface area (Å²) in [7, 11) is 0. The van der Waals surface area contributed by atoms with Crippen molar-refractivity contribution >= 4 is 28.2 Å². The number of halogens is 3. The van der Waals surface area contributed by atoms with Crippen molar-refractivity contribution in [2.24, 2.45) is 0 Å². The molecule has 8 nitrogen and oxygen atoms in total. The lowest BCUT2D eigenvalue weighted by molar-refractivity contribution is -0.192.